The van der Waals surface area contributed by atoms with Gasteiger partial charge in [-0.3, -0.25) is 0 Å². The van der Waals surface area contributed by atoms with Crippen LogP contribution in [0.3, 0.4) is 0 Å². The number of benzene rings is 10. The van der Waals surface area contributed by atoms with E-state index in [2.05, 4.69) is 254 Å². The van der Waals surface area contributed by atoms with Crippen LogP contribution >= 0.6 is 0 Å². The van der Waals surface area contributed by atoms with E-state index in [-0.39, 0.29) is 0 Å². The Labute approximate surface area is 346 Å². The minimum atomic E-state index is 1.10. The summed E-state index contributed by atoms with van der Waals surface area (Å²) in [4.78, 5) is 2.35. The number of anilines is 3. The highest BCUT2D eigenvalue weighted by Gasteiger charge is 2.15. The Morgan fingerprint density at radius 2 is 0.441 bits per heavy atom. The third-order valence-corrected chi connectivity index (χ3v) is 11.3. The molecule has 0 saturated carbocycles. The Kier molecular flexibility index (Phi) is 9.68. The fraction of sp³-hybridized carbons (Fsp3) is 0. The molecule has 0 bridgehead atoms. The zero-order valence-electron chi connectivity index (χ0n) is 32.6. The summed E-state index contributed by atoms with van der Waals surface area (Å²) >= 11 is 0. The molecule has 59 heavy (non-hydrogen) atoms. The van der Waals surface area contributed by atoms with Gasteiger partial charge in [-0.2, -0.15) is 0 Å². The summed E-state index contributed by atoms with van der Waals surface area (Å²) in [5.41, 5.74) is 17.7. The molecule has 0 unspecified atom stereocenters. The van der Waals surface area contributed by atoms with Crippen molar-refractivity contribution in [3.05, 3.63) is 249 Å². The van der Waals surface area contributed by atoms with Crippen molar-refractivity contribution in [2.24, 2.45) is 0 Å². The third kappa shape index (κ3) is 7.58. The smallest absolute Gasteiger partial charge is 0.0462 e. The van der Waals surface area contributed by atoms with Crippen molar-refractivity contribution in [3.63, 3.8) is 0 Å². The topological polar surface area (TPSA) is 3.24 Å². The van der Waals surface area contributed by atoms with Gasteiger partial charge in [0.25, 0.3) is 0 Å². The molecule has 0 spiro atoms. The summed E-state index contributed by atoms with van der Waals surface area (Å²) in [6, 6.07) is 89.7. The first-order valence-corrected chi connectivity index (χ1v) is 20.2. The van der Waals surface area contributed by atoms with Gasteiger partial charge >= 0.3 is 0 Å². The van der Waals surface area contributed by atoms with Crippen molar-refractivity contribution in [1.29, 1.82) is 0 Å². The molecule has 1 nitrogen and oxygen atoms in total. The molecule has 0 aliphatic heterocycles. The van der Waals surface area contributed by atoms with E-state index in [1.807, 2.05) is 0 Å². The van der Waals surface area contributed by atoms with Crippen molar-refractivity contribution >= 4 is 27.8 Å². The molecule has 0 aliphatic carbocycles. The second kappa shape index (κ2) is 16.0. The summed E-state index contributed by atoms with van der Waals surface area (Å²) in [7, 11) is 0. The van der Waals surface area contributed by atoms with Gasteiger partial charge < -0.3 is 4.90 Å². The van der Waals surface area contributed by atoms with Crippen molar-refractivity contribution in [2.45, 2.75) is 0 Å². The van der Waals surface area contributed by atoms with Crippen LogP contribution in [0.15, 0.2) is 249 Å². The van der Waals surface area contributed by atoms with Gasteiger partial charge in [-0.15, -0.1) is 0 Å². The zero-order valence-corrected chi connectivity index (χ0v) is 32.6. The van der Waals surface area contributed by atoms with Gasteiger partial charge in [0.2, 0.25) is 0 Å². The SMILES string of the molecule is c1ccc(-c2ccc(-c3ccc(N(c4ccc(-c5cccc(-c6ccccc6)c5)cc4)c4ccc(-c5cccc(-c6ccc7ccccc7c6)c5)cc4)cc3)cc2)cc1. The van der Waals surface area contributed by atoms with E-state index in [0.29, 0.717) is 0 Å². The summed E-state index contributed by atoms with van der Waals surface area (Å²) in [5, 5.41) is 2.51. The second-order valence-corrected chi connectivity index (χ2v) is 15.0. The summed E-state index contributed by atoms with van der Waals surface area (Å²) in [6.45, 7) is 0. The van der Waals surface area contributed by atoms with Gasteiger partial charge in [0.1, 0.15) is 0 Å². The van der Waals surface area contributed by atoms with Crippen molar-refractivity contribution < 1.29 is 0 Å². The van der Waals surface area contributed by atoms with E-state index in [4.69, 9.17) is 0 Å². The van der Waals surface area contributed by atoms with E-state index in [1.165, 1.54) is 77.5 Å². The number of hydrogen-bond acceptors (Lipinski definition) is 1. The van der Waals surface area contributed by atoms with Gasteiger partial charge in [0.05, 0.1) is 0 Å². The first-order valence-electron chi connectivity index (χ1n) is 20.2. The minimum absolute atomic E-state index is 1.10. The molecule has 0 radical (unpaired) electrons. The lowest BCUT2D eigenvalue weighted by atomic mass is 9.97. The summed E-state index contributed by atoms with van der Waals surface area (Å²) in [5.74, 6) is 0. The van der Waals surface area contributed by atoms with Crippen LogP contribution in [0.2, 0.25) is 0 Å². The molecule has 278 valence electrons. The predicted molar refractivity (Wildman–Crippen MR) is 251 cm³/mol. The quantitative estimate of drug-likeness (QED) is 0.142. The van der Waals surface area contributed by atoms with E-state index in [0.717, 1.165) is 17.1 Å². The molecule has 0 amide bonds. The van der Waals surface area contributed by atoms with Crippen molar-refractivity contribution in [1.82, 2.24) is 0 Å². The van der Waals surface area contributed by atoms with E-state index < -0.39 is 0 Å². The molecular weight excluding hydrogens is 711 g/mol. The lowest BCUT2D eigenvalue weighted by Gasteiger charge is -2.26. The molecule has 0 heterocycles. The van der Waals surface area contributed by atoms with Gasteiger partial charge in [-0.05, 0) is 132 Å². The molecule has 10 aromatic rings. The second-order valence-electron chi connectivity index (χ2n) is 15.0. The maximum atomic E-state index is 2.35. The van der Waals surface area contributed by atoms with E-state index >= 15 is 0 Å². The number of rotatable bonds is 9. The standard InChI is InChI=1S/C58H41N/c1-3-11-42(12-4-1)45-21-23-46(24-22-45)47-27-33-56(34-28-47)59(57-35-29-48(30-36-57)52-18-9-17-51(39-52)43-13-5-2-6-14-43)58-37-31-49(32-38-58)53-19-10-20-54(40-53)55-26-25-44-15-7-8-16-50(44)41-55/h1-41H. The molecule has 0 fully saturated rings. The van der Waals surface area contributed by atoms with Gasteiger partial charge in [0, 0.05) is 17.1 Å². The van der Waals surface area contributed by atoms with Crippen molar-refractivity contribution in [2.75, 3.05) is 4.90 Å². The highest BCUT2D eigenvalue weighted by atomic mass is 15.1. The molecule has 0 N–H and O–H groups in total. The third-order valence-electron chi connectivity index (χ3n) is 11.3. The Morgan fingerprint density at radius 3 is 0.881 bits per heavy atom. The fourth-order valence-corrected chi connectivity index (χ4v) is 8.10. The van der Waals surface area contributed by atoms with Crippen LogP contribution < -0.4 is 4.90 Å². The molecule has 0 aromatic heterocycles. The molecular formula is C58H41N. The lowest BCUT2D eigenvalue weighted by molar-refractivity contribution is 1.28. The zero-order chi connectivity index (χ0) is 39.4. The first-order chi connectivity index (χ1) is 29.2. The fourth-order valence-electron chi connectivity index (χ4n) is 8.10. The predicted octanol–water partition coefficient (Wildman–Crippen LogP) is 16.3. The Hall–Kier alpha value is -7.74. The molecule has 0 aliphatic rings. The normalized spacial score (nSPS) is 11.1. The number of fused-ring (bicyclic) bond motifs is 1. The van der Waals surface area contributed by atoms with E-state index in [9.17, 15) is 0 Å². The van der Waals surface area contributed by atoms with Crippen molar-refractivity contribution in [3.8, 4) is 66.8 Å². The van der Waals surface area contributed by atoms with Crippen LogP contribution in [0.5, 0.6) is 0 Å². The van der Waals surface area contributed by atoms with Crippen LogP contribution in [-0.2, 0) is 0 Å². The van der Waals surface area contributed by atoms with Crippen LogP contribution in [0, 0.1) is 0 Å². The van der Waals surface area contributed by atoms with Gasteiger partial charge in [0.15, 0.2) is 0 Å². The molecule has 10 rings (SSSR count). The van der Waals surface area contributed by atoms with Crippen LogP contribution in [0.4, 0.5) is 17.1 Å². The Bertz CT molecular complexity index is 2980. The minimum Gasteiger partial charge on any atom is -0.311 e. The van der Waals surface area contributed by atoms with Crippen LogP contribution in [0.1, 0.15) is 0 Å². The maximum Gasteiger partial charge on any atom is 0.0462 e. The molecule has 0 saturated heterocycles. The van der Waals surface area contributed by atoms with Gasteiger partial charge in [-0.1, -0.05) is 194 Å². The highest BCUT2D eigenvalue weighted by molar-refractivity contribution is 5.88. The monoisotopic (exact) mass is 751 g/mol. The molecule has 10 aromatic carbocycles. The Morgan fingerprint density at radius 1 is 0.169 bits per heavy atom. The summed E-state index contributed by atoms with van der Waals surface area (Å²) in [6.07, 6.45) is 0. The summed E-state index contributed by atoms with van der Waals surface area (Å²) < 4.78 is 0. The van der Waals surface area contributed by atoms with Crippen LogP contribution in [-0.4, -0.2) is 0 Å². The maximum absolute atomic E-state index is 2.35. The number of hydrogen-bond donors (Lipinski definition) is 0. The number of nitrogens with zero attached hydrogens (tertiary/aromatic N) is 1. The first kappa shape index (κ1) is 35.7. The molecule has 0 atom stereocenters. The van der Waals surface area contributed by atoms with Crippen LogP contribution in [0.25, 0.3) is 77.5 Å². The Balaban J connectivity index is 0.975. The largest absolute Gasteiger partial charge is 0.311 e. The molecule has 1 heteroatoms. The lowest BCUT2D eigenvalue weighted by Crippen LogP contribution is -2.09. The van der Waals surface area contributed by atoms with Gasteiger partial charge in [-0.25, -0.2) is 0 Å². The highest BCUT2D eigenvalue weighted by Crippen LogP contribution is 2.39. The average molecular weight is 752 g/mol. The average Bonchev–Trinajstić information content (AvgIpc) is 3.33. The van der Waals surface area contributed by atoms with E-state index in [1.54, 1.807) is 0 Å².